The fraction of sp³-hybridized carbons (Fsp3) is 0.316. The second-order valence-electron chi connectivity index (χ2n) is 13.1. The van der Waals surface area contributed by atoms with Crippen LogP contribution < -0.4 is 10.6 Å². The smallest absolute Gasteiger partial charge is 0.258 e. The summed E-state index contributed by atoms with van der Waals surface area (Å²) >= 11 is 0. The van der Waals surface area contributed by atoms with Crippen LogP contribution in [0.3, 0.4) is 0 Å². The number of nitrogens with zero attached hydrogens (tertiary/aromatic N) is 7. The zero-order valence-corrected chi connectivity index (χ0v) is 28.7. The molecule has 0 radical (unpaired) electrons. The van der Waals surface area contributed by atoms with E-state index >= 15 is 4.39 Å². The van der Waals surface area contributed by atoms with E-state index in [0.717, 1.165) is 48.7 Å². The number of aryl methyl sites for hydroxylation is 2. The number of aromatic nitrogens is 4. The van der Waals surface area contributed by atoms with E-state index in [-0.39, 0.29) is 17.7 Å². The van der Waals surface area contributed by atoms with E-state index < -0.39 is 17.1 Å². The van der Waals surface area contributed by atoms with Crippen molar-refractivity contribution in [1.82, 2.24) is 29.0 Å². The number of nitriles is 1. The molecule has 1 aliphatic rings. The molecule has 1 saturated heterocycles. The number of halogens is 1. The number of pyridine rings is 1. The first-order chi connectivity index (χ1) is 24.0. The van der Waals surface area contributed by atoms with Gasteiger partial charge in [0.05, 0.1) is 53.0 Å². The first-order valence-corrected chi connectivity index (χ1v) is 16.5. The third-order valence-electron chi connectivity index (χ3n) is 8.97. The van der Waals surface area contributed by atoms with Crippen molar-refractivity contribution in [3.63, 3.8) is 0 Å². The van der Waals surface area contributed by atoms with Crippen LogP contribution in [0.25, 0.3) is 5.65 Å². The van der Waals surface area contributed by atoms with Gasteiger partial charge in [0, 0.05) is 64.4 Å². The number of β-amino-alcohol motifs (C(OH)–C–C–N with tert-alkyl or cyclic N) is 1. The number of imidazole rings is 1. The van der Waals surface area contributed by atoms with Crippen molar-refractivity contribution in [2.75, 3.05) is 50.0 Å². The van der Waals surface area contributed by atoms with Gasteiger partial charge in [0.15, 0.2) is 11.5 Å². The van der Waals surface area contributed by atoms with Gasteiger partial charge in [0.25, 0.3) is 5.91 Å². The molecule has 2 aromatic carbocycles. The molecule has 0 bridgehead atoms. The summed E-state index contributed by atoms with van der Waals surface area (Å²) in [6.07, 6.45) is 7.03. The molecule has 0 saturated carbocycles. The van der Waals surface area contributed by atoms with Gasteiger partial charge in [-0.05, 0) is 73.7 Å². The summed E-state index contributed by atoms with van der Waals surface area (Å²) in [5.74, 6) is 4.68. The Morgan fingerprint density at radius 2 is 1.84 bits per heavy atom. The average Bonchev–Trinajstić information content (AvgIpc) is 3.71. The standard InChI is InChI=1S/C38H40FN9O2/c1-26-7-9-33(35(39)32(26)10-8-31-22-41-36-34(6-5-11-48(31)36)43-30-21-42-45(4)24-30)37(50)44-29-19-27(18-28(20-29)38(2,3)25-40)23-47-14-12-46(13-15-47)16-17-49/h5-7,9,11,18-22,24,43,49H,12-17,23H2,1-4H3,(H,44,50). The number of hydrogen-bond acceptors (Lipinski definition) is 8. The maximum atomic E-state index is 16.1. The van der Waals surface area contributed by atoms with E-state index in [2.05, 4.69) is 48.4 Å². The zero-order chi connectivity index (χ0) is 35.4. The molecule has 50 heavy (non-hydrogen) atoms. The monoisotopic (exact) mass is 673 g/mol. The molecule has 3 N–H and O–H groups in total. The molecule has 256 valence electrons. The molecule has 12 heteroatoms. The molecule has 5 aromatic rings. The lowest BCUT2D eigenvalue weighted by molar-refractivity contribution is 0.102. The zero-order valence-electron chi connectivity index (χ0n) is 28.7. The van der Waals surface area contributed by atoms with Gasteiger partial charge in [0.1, 0.15) is 5.69 Å². The van der Waals surface area contributed by atoms with Crippen molar-refractivity contribution < 1.29 is 14.3 Å². The molecule has 1 amide bonds. The summed E-state index contributed by atoms with van der Waals surface area (Å²) in [5, 5.41) is 29.5. The van der Waals surface area contributed by atoms with E-state index in [0.29, 0.717) is 35.7 Å². The normalized spacial score (nSPS) is 13.9. The molecule has 0 aliphatic carbocycles. The number of carbonyl (C=O) groups excluding carboxylic acids is 1. The van der Waals surface area contributed by atoms with Crippen LogP contribution >= 0.6 is 0 Å². The minimum Gasteiger partial charge on any atom is -0.395 e. The van der Waals surface area contributed by atoms with Crippen LogP contribution in [-0.4, -0.2) is 79.3 Å². The molecule has 1 aliphatic heterocycles. The molecule has 1 fully saturated rings. The number of piperazine rings is 1. The fourth-order valence-electron chi connectivity index (χ4n) is 6.02. The third-order valence-corrected chi connectivity index (χ3v) is 8.97. The summed E-state index contributed by atoms with van der Waals surface area (Å²) in [4.78, 5) is 22.7. The van der Waals surface area contributed by atoms with Gasteiger partial charge in [-0.1, -0.05) is 18.1 Å². The van der Waals surface area contributed by atoms with Gasteiger partial charge >= 0.3 is 0 Å². The van der Waals surface area contributed by atoms with Gasteiger partial charge in [-0.3, -0.25) is 23.7 Å². The van der Waals surface area contributed by atoms with Gasteiger partial charge < -0.3 is 15.7 Å². The SMILES string of the molecule is Cc1ccc(C(=O)Nc2cc(CN3CCN(CCO)CC3)cc(C(C)(C)C#N)c2)c(F)c1C#Cc1cnc2c(Nc3cnn(C)c3)cccn12. The van der Waals surface area contributed by atoms with E-state index in [1.165, 1.54) is 6.07 Å². The molecule has 0 atom stereocenters. The summed E-state index contributed by atoms with van der Waals surface area (Å²) in [6.45, 7) is 10.2. The lowest BCUT2D eigenvalue weighted by atomic mass is 9.85. The van der Waals surface area contributed by atoms with Crippen LogP contribution in [-0.2, 0) is 19.0 Å². The molecule has 11 nitrogen and oxygen atoms in total. The highest BCUT2D eigenvalue weighted by atomic mass is 19.1. The summed E-state index contributed by atoms with van der Waals surface area (Å²) in [5.41, 5.74) is 4.76. The quantitative estimate of drug-likeness (QED) is 0.190. The Hall–Kier alpha value is -5.53. The Bertz CT molecular complexity index is 2140. The highest BCUT2D eigenvalue weighted by Crippen LogP contribution is 2.29. The highest BCUT2D eigenvalue weighted by Gasteiger charge is 2.24. The minimum atomic E-state index is -0.805. The van der Waals surface area contributed by atoms with Crippen LogP contribution in [0.4, 0.5) is 21.5 Å². The van der Waals surface area contributed by atoms with Crippen LogP contribution in [0.15, 0.2) is 67.3 Å². The van der Waals surface area contributed by atoms with Crippen LogP contribution in [0, 0.1) is 35.9 Å². The van der Waals surface area contributed by atoms with Crippen molar-refractivity contribution >= 4 is 28.6 Å². The first-order valence-electron chi connectivity index (χ1n) is 16.5. The largest absolute Gasteiger partial charge is 0.395 e. The van der Waals surface area contributed by atoms with Crippen LogP contribution in [0.2, 0.25) is 0 Å². The topological polar surface area (TPSA) is 127 Å². The van der Waals surface area contributed by atoms with Gasteiger partial charge in [-0.2, -0.15) is 10.4 Å². The van der Waals surface area contributed by atoms with E-state index in [1.54, 1.807) is 36.1 Å². The minimum absolute atomic E-state index is 0.123. The Labute approximate surface area is 291 Å². The summed E-state index contributed by atoms with van der Waals surface area (Å²) < 4.78 is 19.6. The predicted octanol–water partition coefficient (Wildman–Crippen LogP) is 4.82. The second kappa shape index (κ2) is 14.5. The Morgan fingerprint density at radius 1 is 1.06 bits per heavy atom. The Kier molecular flexibility index (Phi) is 9.98. The van der Waals surface area contributed by atoms with Crippen molar-refractivity contribution in [3.8, 4) is 17.9 Å². The second-order valence-corrected chi connectivity index (χ2v) is 13.1. The number of fused-ring (bicyclic) bond motifs is 1. The van der Waals surface area contributed by atoms with Crippen molar-refractivity contribution in [2.45, 2.75) is 32.7 Å². The van der Waals surface area contributed by atoms with Gasteiger partial charge in [-0.25, -0.2) is 9.37 Å². The van der Waals surface area contributed by atoms with Crippen molar-refractivity contribution in [2.24, 2.45) is 7.05 Å². The first kappa shape index (κ1) is 34.3. The van der Waals surface area contributed by atoms with Gasteiger partial charge in [0.2, 0.25) is 0 Å². The lowest BCUT2D eigenvalue weighted by Crippen LogP contribution is -2.46. The molecule has 0 unspecified atom stereocenters. The Balaban J connectivity index is 1.24. The van der Waals surface area contributed by atoms with E-state index in [9.17, 15) is 15.2 Å². The number of amides is 1. The van der Waals surface area contributed by atoms with Crippen LogP contribution in [0.5, 0.6) is 0 Å². The number of benzene rings is 2. The number of nitrogens with one attached hydrogen (secondary N) is 2. The maximum absolute atomic E-state index is 16.1. The molecule has 6 rings (SSSR count). The summed E-state index contributed by atoms with van der Waals surface area (Å²) in [7, 11) is 1.84. The third kappa shape index (κ3) is 7.53. The fourth-order valence-corrected chi connectivity index (χ4v) is 6.02. The van der Waals surface area contributed by atoms with Crippen molar-refractivity contribution in [3.05, 3.63) is 107 Å². The average molecular weight is 674 g/mol. The highest BCUT2D eigenvalue weighted by molar-refractivity contribution is 6.05. The molecule has 3 aromatic heterocycles. The Morgan fingerprint density at radius 3 is 2.56 bits per heavy atom. The molecular weight excluding hydrogens is 633 g/mol. The molecule has 4 heterocycles. The number of hydrogen-bond donors (Lipinski definition) is 3. The van der Waals surface area contributed by atoms with Gasteiger partial charge in [-0.15, -0.1) is 0 Å². The lowest BCUT2D eigenvalue weighted by Gasteiger charge is -2.34. The molecular formula is C38H40FN9O2. The molecule has 0 spiro atoms. The van der Waals surface area contributed by atoms with Crippen LogP contribution in [0.1, 0.15) is 52.2 Å². The number of aliphatic hydroxyl groups is 1. The maximum Gasteiger partial charge on any atom is 0.258 e. The number of anilines is 3. The van der Waals surface area contributed by atoms with E-state index in [1.807, 2.05) is 62.0 Å². The number of carbonyl (C=O) groups is 1. The van der Waals surface area contributed by atoms with Crippen molar-refractivity contribution in [1.29, 1.82) is 5.26 Å². The predicted molar refractivity (Wildman–Crippen MR) is 191 cm³/mol. The number of rotatable bonds is 9. The summed E-state index contributed by atoms with van der Waals surface area (Å²) in [6, 6.07) is 14.9. The van der Waals surface area contributed by atoms with E-state index in [4.69, 9.17) is 0 Å². The number of aliphatic hydroxyl groups excluding tert-OH is 1.